The van der Waals surface area contributed by atoms with Crippen LogP contribution in [0.25, 0.3) is 11.1 Å². The van der Waals surface area contributed by atoms with E-state index in [9.17, 15) is 9.59 Å². The molecule has 10 rings (SSSR count). The molecule has 2 amide bonds. The summed E-state index contributed by atoms with van der Waals surface area (Å²) in [5, 5.41) is 3.77. The van der Waals surface area contributed by atoms with Crippen LogP contribution in [-0.4, -0.2) is 47.3 Å². The first-order chi connectivity index (χ1) is 28.3. The summed E-state index contributed by atoms with van der Waals surface area (Å²) in [4.78, 5) is 31.5. The molecule has 290 valence electrons. The normalized spacial score (nSPS) is 22.4. The third-order valence-electron chi connectivity index (χ3n) is 13.4. The van der Waals surface area contributed by atoms with Gasteiger partial charge in [0.15, 0.2) is 0 Å². The molecule has 0 bridgehead atoms. The van der Waals surface area contributed by atoms with Crippen LogP contribution in [0.15, 0.2) is 146 Å². The van der Waals surface area contributed by atoms with E-state index in [-0.39, 0.29) is 43.0 Å². The maximum Gasteiger partial charge on any atom is 0.411 e. The van der Waals surface area contributed by atoms with Crippen molar-refractivity contribution in [1.29, 1.82) is 0 Å². The van der Waals surface area contributed by atoms with Gasteiger partial charge in [0.25, 0.3) is 0 Å². The Labute approximate surface area is 340 Å². The number of likely N-dealkylation sites (tertiary alicyclic amines) is 2. The van der Waals surface area contributed by atoms with Gasteiger partial charge < -0.3 is 19.7 Å². The number of carbonyl (C=O) groups is 2. The average Bonchev–Trinajstić information content (AvgIpc) is 4.00. The third-order valence-corrected chi connectivity index (χ3v) is 13.4. The molecular formula is C51H47N3O4. The van der Waals surface area contributed by atoms with Crippen LogP contribution < -0.4 is 5.32 Å². The van der Waals surface area contributed by atoms with E-state index in [1.165, 1.54) is 38.9 Å². The van der Waals surface area contributed by atoms with E-state index in [1.807, 2.05) is 70.5 Å². The summed E-state index contributed by atoms with van der Waals surface area (Å²) in [7, 11) is 0. The second-order valence-corrected chi connectivity index (χ2v) is 16.5. The van der Waals surface area contributed by atoms with Gasteiger partial charge in [0.2, 0.25) is 0 Å². The van der Waals surface area contributed by atoms with Gasteiger partial charge in [-0.1, -0.05) is 139 Å². The summed E-state index contributed by atoms with van der Waals surface area (Å²) in [6, 6.07) is 51.0. The predicted octanol–water partition coefficient (Wildman–Crippen LogP) is 10.3. The number of benzene rings is 6. The number of ether oxygens (including phenoxy) is 2. The minimum absolute atomic E-state index is 0.0513. The van der Waals surface area contributed by atoms with Crippen LogP contribution in [-0.2, 0) is 39.9 Å². The Morgan fingerprint density at radius 2 is 1.12 bits per heavy atom. The molecule has 1 aliphatic carbocycles. The Morgan fingerprint density at radius 3 is 1.74 bits per heavy atom. The highest BCUT2D eigenvalue weighted by atomic mass is 16.6. The predicted molar refractivity (Wildman–Crippen MR) is 227 cm³/mol. The van der Waals surface area contributed by atoms with E-state index >= 15 is 0 Å². The molecule has 0 saturated carbocycles. The third kappa shape index (κ3) is 5.86. The van der Waals surface area contributed by atoms with E-state index in [0.717, 1.165) is 47.2 Å². The molecule has 6 aromatic rings. The minimum Gasteiger partial charge on any atom is -0.445 e. The summed E-state index contributed by atoms with van der Waals surface area (Å²) >= 11 is 0. The topological polar surface area (TPSA) is 71.1 Å². The van der Waals surface area contributed by atoms with Gasteiger partial charge in [-0.3, -0.25) is 4.90 Å². The highest BCUT2D eigenvalue weighted by molar-refractivity contribution is 5.79. The van der Waals surface area contributed by atoms with Crippen molar-refractivity contribution in [3.05, 3.63) is 196 Å². The molecule has 0 unspecified atom stereocenters. The number of nitrogens with zero attached hydrogens (tertiary/aromatic N) is 2. The van der Waals surface area contributed by atoms with Gasteiger partial charge in [-0.25, -0.2) is 9.59 Å². The first-order valence-corrected chi connectivity index (χ1v) is 20.5. The van der Waals surface area contributed by atoms with Gasteiger partial charge in [-0.15, -0.1) is 0 Å². The number of anilines is 1. The summed E-state index contributed by atoms with van der Waals surface area (Å²) in [5.74, 6) is 0. The molecule has 2 saturated heterocycles. The van der Waals surface area contributed by atoms with E-state index < -0.39 is 5.41 Å². The number of hydrogen-bond acceptors (Lipinski definition) is 5. The zero-order valence-electron chi connectivity index (χ0n) is 33.0. The number of hydrogen-bond donors (Lipinski definition) is 1. The lowest BCUT2D eigenvalue weighted by Crippen LogP contribution is -2.46. The first-order valence-electron chi connectivity index (χ1n) is 20.5. The largest absolute Gasteiger partial charge is 0.445 e. The molecule has 4 aliphatic rings. The van der Waals surface area contributed by atoms with Gasteiger partial charge in [0, 0.05) is 24.2 Å². The van der Waals surface area contributed by atoms with E-state index in [1.54, 1.807) is 0 Å². The van der Waals surface area contributed by atoms with Crippen LogP contribution in [0.2, 0.25) is 0 Å². The van der Waals surface area contributed by atoms with Crippen LogP contribution in [0.1, 0.15) is 62.9 Å². The average molecular weight is 766 g/mol. The van der Waals surface area contributed by atoms with Gasteiger partial charge >= 0.3 is 12.2 Å². The second kappa shape index (κ2) is 14.2. The van der Waals surface area contributed by atoms with Crippen LogP contribution >= 0.6 is 0 Å². The van der Waals surface area contributed by atoms with Gasteiger partial charge in [0.1, 0.15) is 19.4 Å². The van der Waals surface area contributed by atoms with Crippen molar-refractivity contribution in [1.82, 2.24) is 9.80 Å². The Morgan fingerprint density at radius 1 is 0.603 bits per heavy atom. The molecule has 58 heavy (non-hydrogen) atoms. The molecule has 4 atom stereocenters. The molecule has 1 N–H and O–H groups in total. The second-order valence-electron chi connectivity index (χ2n) is 16.5. The molecule has 7 nitrogen and oxygen atoms in total. The fraction of sp³-hybridized carbons (Fsp3) is 0.255. The minimum atomic E-state index is -0.457. The van der Waals surface area contributed by atoms with Crippen molar-refractivity contribution < 1.29 is 19.1 Å². The Balaban J connectivity index is 0.998. The fourth-order valence-corrected chi connectivity index (χ4v) is 10.4. The molecule has 2 fully saturated rings. The standard InChI is InChI=1S/C51H47N3O4/c1-34-13-20-41(21-14-34)50-25-27-53(48(55)57-32-36-9-5-3-6-10-36)46(50)31-40-18-17-38(29-43(40)50)39-19-24-45-44(30-39)51(42-22-15-35(2)16-23-42)26-28-54(47(51)52-45)49(56)58-33-37-11-7-4-8-12-37/h3-24,29-30,46-47,52H,25-28,31-33H2,1-2H3/t46-,47+,50-,51-/m0/s1. The molecule has 3 heterocycles. The monoisotopic (exact) mass is 765 g/mol. The zero-order chi connectivity index (χ0) is 39.4. The molecule has 0 spiro atoms. The molecule has 3 aliphatic heterocycles. The fourth-order valence-electron chi connectivity index (χ4n) is 10.4. The maximum absolute atomic E-state index is 13.8. The number of carbonyl (C=O) groups excluding carboxylic acids is 2. The van der Waals surface area contributed by atoms with Crippen LogP contribution in [0, 0.1) is 13.8 Å². The van der Waals surface area contributed by atoms with Crippen LogP contribution in [0.3, 0.4) is 0 Å². The summed E-state index contributed by atoms with van der Waals surface area (Å²) in [6.45, 7) is 5.92. The lowest BCUT2D eigenvalue weighted by atomic mass is 9.71. The summed E-state index contributed by atoms with van der Waals surface area (Å²) in [5.41, 5.74) is 13.0. The van der Waals surface area contributed by atoms with Crippen molar-refractivity contribution in [3.63, 3.8) is 0 Å². The molecule has 0 radical (unpaired) electrons. The van der Waals surface area contributed by atoms with Crippen molar-refractivity contribution in [2.75, 3.05) is 18.4 Å². The lowest BCUT2D eigenvalue weighted by Gasteiger charge is -2.34. The Bertz CT molecular complexity index is 2330. The maximum atomic E-state index is 13.8. The lowest BCUT2D eigenvalue weighted by molar-refractivity contribution is 0.0894. The van der Waals surface area contributed by atoms with Crippen molar-refractivity contribution >= 4 is 17.9 Å². The quantitative estimate of drug-likeness (QED) is 0.175. The number of aryl methyl sites for hydroxylation is 2. The van der Waals surface area contributed by atoms with Crippen molar-refractivity contribution in [2.45, 2.75) is 69.4 Å². The van der Waals surface area contributed by atoms with Crippen molar-refractivity contribution in [3.8, 4) is 11.1 Å². The molecular weight excluding hydrogens is 719 g/mol. The smallest absolute Gasteiger partial charge is 0.411 e. The molecule has 6 aromatic carbocycles. The Hall–Kier alpha value is -6.34. The van der Waals surface area contributed by atoms with E-state index in [2.05, 4.69) is 104 Å². The van der Waals surface area contributed by atoms with E-state index in [0.29, 0.717) is 13.1 Å². The number of fused-ring (bicyclic) bond motifs is 6. The zero-order valence-corrected chi connectivity index (χ0v) is 33.0. The number of amides is 2. The summed E-state index contributed by atoms with van der Waals surface area (Å²) in [6.07, 6.45) is 1.50. The Kier molecular flexibility index (Phi) is 8.85. The highest BCUT2D eigenvalue weighted by Gasteiger charge is 2.58. The van der Waals surface area contributed by atoms with Crippen LogP contribution in [0.4, 0.5) is 15.3 Å². The number of rotatable bonds is 7. The van der Waals surface area contributed by atoms with E-state index in [4.69, 9.17) is 9.47 Å². The first kappa shape index (κ1) is 36.0. The molecule has 0 aromatic heterocycles. The highest BCUT2D eigenvalue weighted by Crippen LogP contribution is 2.56. The van der Waals surface area contributed by atoms with Gasteiger partial charge in [-0.2, -0.15) is 0 Å². The van der Waals surface area contributed by atoms with Crippen LogP contribution in [0.5, 0.6) is 0 Å². The van der Waals surface area contributed by atoms with Gasteiger partial charge in [-0.05, 0) is 101 Å². The molecule has 7 heteroatoms. The number of nitrogens with one attached hydrogen (secondary N) is 1. The SMILES string of the molecule is Cc1ccc([C@]23CCN(C(=O)OCc4ccccc4)[C@H]2Cc2ccc(-c4ccc5c(c4)[C@@]4(c6ccc(C)cc6)CCN(C(=O)OCc6ccccc6)[C@H]4N5)cc23)cc1. The summed E-state index contributed by atoms with van der Waals surface area (Å²) < 4.78 is 11.9. The van der Waals surface area contributed by atoms with Gasteiger partial charge in [0.05, 0.1) is 11.5 Å². The van der Waals surface area contributed by atoms with Crippen molar-refractivity contribution in [2.24, 2.45) is 0 Å².